The molecule has 1 aromatic heterocycles. The van der Waals surface area contributed by atoms with Gasteiger partial charge in [-0.05, 0) is 42.8 Å². The molecule has 0 saturated carbocycles. The minimum absolute atomic E-state index is 0.313. The van der Waals surface area contributed by atoms with Gasteiger partial charge in [0.05, 0.1) is 13.7 Å². The van der Waals surface area contributed by atoms with Crippen LogP contribution in [0.15, 0.2) is 57.7 Å². The summed E-state index contributed by atoms with van der Waals surface area (Å²) < 4.78 is 16.3. The molecular weight excluding hydrogens is 368 g/mol. The highest BCUT2D eigenvalue weighted by atomic mass is 16.5. The molecule has 1 fully saturated rings. The lowest BCUT2D eigenvalue weighted by molar-refractivity contribution is 0.250. The van der Waals surface area contributed by atoms with Gasteiger partial charge in [0.15, 0.2) is 0 Å². The lowest BCUT2D eigenvalue weighted by Gasteiger charge is -2.36. The summed E-state index contributed by atoms with van der Waals surface area (Å²) in [5.74, 6) is 1.66. The second-order valence-electron chi connectivity index (χ2n) is 7.15. The van der Waals surface area contributed by atoms with E-state index in [4.69, 9.17) is 13.9 Å². The Hall–Kier alpha value is -2.99. The van der Waals surface area contributed by atoms with Crippen LogP contribution in [0.4, 0.5) is 5.69 Å². The molecule has 6 nitrogen and oxygen atoms in total. The number of methoxy groups -OCH3 is 1. The molecule has 1 saturated heterocycles. The van der Waals surface area contributed by atoms with Gasteiger partial charge in [-0.1, -0.05) is 6.07 Å². The van der Waals surface area contributed by atoms with E-state index in [9.17, 15) is 4.79 Å². The quantitative estimate of drug-likeness (QED) is 0.597. The summed E-state index contributed by atoms with van der Waals surface area (Å²) in [5.41, 5.74) is 2.45. The van der Waals surface area contributed by atoms with Gasteiger partial charge in [0.2, 0.25) is 0 Å². The van der Waals surface area contributed by atoms with Gasteiger partial charge in [-0.3, -0.25) is 4.90 Å². The maximum Gasteiger partial charge on any atom is 0.336 e. The minimum atomic E-state index is -0.313. The highest BCUT2D eigenvalue weighted by Crippen LogP contribution is 2.26. The Morgan fingerprint density at radius 3 is 2.59 bits per heavy atom. The molecule has 0 spiro atoms. The van der Waals surface area contributed by atoms with Crippen LogP contribution in [0.3, 0.4) is 0 Å². The molecule has 29 heavy (non-hydrogen) atoms. The Morgan fingerprint density at radius 1 is 1.00 bits per heavy atom. The second kappa shape index (κ2) is 8.57. The van der Waals surface area contributed by atoms with E-state index in [-0.39, 0.29) is 5.63 Å². The van der Waals surface area contributed by atoms with E-state index in [0.29, 0.717) is 18.7 Å². The third-order valence-corrected chi connectivity index (χ3v) is 5.30. The van der Waals surface area contributed by atoms with Crippen LogP contribution in [-0.2, 0) is 6.54 Å². The van der Waals surface area contributed by atoms with Crippen molar-refractivity contribution in [2.45, 2.75) is 13.5 Å². The summed E-state index contributed by atoms with van der Waals surface area (Å²) in [6.07, 6.45) is 0. The van der Waals surface area contributed by atoms with Crippen LogP contribution in [0, 0.1) is 0 Å². The standard InChI is InChI=1S/C23H26N2O4/c1-3-28-20-7-8-22-21(15-20)17(13-23(26)29-22)16-24-9-11-25(12-10-24)18-5-4-6-19(14-18)27-2/h4-8,13-15H,3,9-12,16H2,1-2H3. The molecular formula is C23H26N2O4. The molecule has 0 unspecified atom stereocenters. The summed E-state index contributed by atoms with van der Waals surface area (Å²) in [6, 6.07) is 15.4. The van der Waals surface area contributed by atoms with Gasteiger partial charge in [0, 0.05) is 55.9 Å². The summed E-state index contributed by atoms with van der Waals surface area (Å²) in [6.45, 7) is 6.97. The minimum Gasteiger partial charge on any atom is -0.497 e. The number of ether oxygens (including phenoxy) is 2. The molecule has 4 rings (SSSR count). The predicted molar refractivity (Wildman–Crippen MR) is 114 cm³/mol. The smallest absolute Gasteiger partial charge is 0.336 e. The highest BCUT2D eigenvalue weighted by molar-refractivity contribution is 5.81. The predicted octanol–water partition coefficient (Wildman–Crippen LogP) is 3.52. The van der Waals surface area contributed by atoms with Crippen LogP contribution in [0.1, 0.15) is 12.5 Å². The fraction of sp³-hybridized carbons (Fsp3) is 0.348. The number of fused-ring (bicyclic) bond motifs is 1. The van der Waals surface area contributed by atoms with Crippen molar-refractivity contribution in [3.05, 3.63) is 64.5 Å². The van der Waals surface area contributed by atoms with Crippen LogP contribution in [0.2, 0.25) is 0 Å². The largest absolute Gasteiger partial charge is 0.497 e. The van der Waals surface area contributed by atoms with Crippen molar-refractivity contribution < 1.29 is 13.9 Å². The Bertz CT molecular complexity index is 1040. The summed E-state index contributed by atoms with van der Waals surface area (Å²) >= 11 is 0. The van der Waals surface area contributed by atoms with E-state index in [0.717, 1.165) is 48.6 Å². The van der Waals surface area contributed by atoms with Crippen molar-refractivity contribution >= 4 is 16.7 Å². The third kappa shape index (κ3) is 4.38. The monoisotopic (exact) mass is 394 g/mol. The number of hydrogen-bond acceptors (Lipinski definition) is 6. The lowest BCUT2D eigenvalue weighted by Crippen LogP contribution is -2.46. The maximum absolute atomic E-state index is 12.0. The summed E-state index contributed by atoms with van der Waals surface area (Å²) in [7, 11) is 1.69. The Kier molecular flexibility index (Phi) is 5.71. The van der Waals surface area contributed by atoms with Crippen molar-refractivity contribution in [3.63, 3.8) is 0 Å². The van der Waals surface area contributed by atoms with E-state index < -0.39 is 0 Å². The zero-order valence-corrected chi connectivity index (χ0v) is 16.9. The molecule has 0 amide bonds. The zero-order chi connectivity index (χ0) is 20.2. The first-order chi connectivity index (χ1) is 14.2. The van der Waals surface area contributed by atoms with Crippen LogP contribution in [0.5, 0.6) is 11.5 Å². The van der Waals surface area contributed by atoms with Crippen LogP contribution >= 0.6 is 0 Å². The topological polar surface area (TPSA) is 55.2 Å². The molecule has 0 bridgehead atoms. The number of nitrogens with zero attached hydrogens (tertiary/aromatic N) is 2. The van der Waals surface area contributed by atoms with Crippen molar-refractivity contribution in [2.24, 2.45) is 0 Å². The average molecular weight is 394 g/mol. The summed E-state index contributed by atoms with van der Waals surface area (Å²) in [5, 5.41) is 0.936. The van der Waals surface area contributed by atoms with Crippen molar-refractivity contribution in [3.8, 4) is 11.5 Å². The number of hydrogen-bond donors (Lipinski definition) is 0. The van der Waals surface area contributed by atoms with E-state index >= 15 is 0 Å². The van der Waals surface area contributed by atoms with Gasteiger partial charge in [-0.25, -0.2) is 4.79 Å². The van der Waals surface area contributed by atoms with E-state index in [1.54, 1.807) is 13.2 Å². The van der Waals surface area contributed by atoms with Gasteiger partial charge in [-0.15, -0.1) is 0 Å². The molecule has 1 aliphatic heterocycles. The van der Waals surface area contributed by atoms with Crippen LogP contribution in [0.25, 0.3) is 11.0 Å². The molecule has 2 aromatic carbocycles. The number of anilines is 1. The van der Waals surface area contributed by atoms with Gasteiger partial charge in [0.25, 0.3) is 0 Å². The van der Waals surface area contributed by atoms with Gasteiger partial charge >= 0.3 is 5.63 Å². The van der Waals surface area contributed by atoms with E-state index in [1.165, 1.54) is 5.69 Å². The van der Waals surface area contributed by atoms with E-state index in [1.807, 2.05) is 37.3 Å². The van der Waals surface area contributed by atoms with Gasteiger partial charge < -0.3 is 18.8 Å². The molecule has 6 heteroatoms. The highest BCUT2D eigenvalue weighted by Gasteiger charge is 2.19. The lowest BCUT2D eigenvalue weighted by atomic mass is 10.1. The second-order valence-corrected chi connectivity index (χ2v) is 7.15. The van der Waals surface area contributed by atoms with Crippen LogP contribution < -0.4 is 20.0 Å². The zero-order valence-electron chi connectivity index (χ0n) is 16.9. The van der Waals surface area contributed by atoms with Crippen molar-refractivity contribution in [1.82, 2.24) is 4.90 Å². The number of rotatable bonds is 6. The van der Waals surface area contributed by atoms with Crippen LogP contribution in [-0.4, -0.2) is 44.8 Å². The normalized spacial score (nSPS) is 14.9. The van der Waals surface area contributed by atoms with Gasteiger partial charge in [0.1, 0.15) is 17.1 Å². The molecule has 3 aromatic rings. The molecule has 152 valence electrons. The van der Waals surface area contributed by atoms with E-state index in [2.05, 4.69) is 21.9 Å². The molecule has 0 atom stereocenters. The Morgan fingerprint density at radius 2 is 1.83 bits per heavy atom. The first-order valence-corrected chi connectivity index (χ1v) is 9.97. The molecule has 1 aliphatic rings. The molecule has 0 aliphatic carbocycles. The van der Waals surface area contributed by atoms with Gasteiger partial charge in [-0.2, -0.15) is 0 Å². The summed E-state index contributed by atoms with van der Waals surface area (Å²) in [4.78, 5) is 16.8. The molecule has 0 N–H and O–H groups in total. The fourth-order valence-electron chi connectivity index (χ4n) is 3.81. The third-order valence-electron chi connectivity index (χ3n) is 5.30. The average Bonchev–Trinajstić information content (AvgIpc) is 2.75. The Balaban J connectivity index is 1.49. The fourth-order valence-corrected chi connectivity index (χ4v) is 3.81. The van der Waals surface area contributed by atoms with Crippen molar-refractivity contribution in [2.75, 3.05) is 44.8 Å². The number of piperazine rings is 1. The first kappa shape index (κ1) is 19.3. The van der Waals surface area contributed by atoms with Crippen molar-refractivity contribution in [1.29, 1.82) is 0 Å². The molecule has 0 radical (unpaired) electrons. The maximum atomic E-state index is 12.0. The first-order valence-electron chi connectivity index (χ1n) is 9.97. The SMILES string of the molecule is CCOc1ccc2oc(=O)cc(CN3CCN(c4cccc(OC)c4)CC3)c2c1. The number of benzene rings is 2. The molecule has 2 heterocycles. The Labute approximate surface area is 170 Å².